The Morgan fingerprint density at radius 1 is 0.943 bits per heavy atom. The van der Waals surface area contributed by atoms with Crippen molar-refractivity contribution < 1.29 is 5.11 Å². The molecule has 0 unspecified atom stereocenters. The molecule has 0 aliphatic carbocycles. The van der Waals surface area contributed by atoms with Crippen LogP contribution in [0.1, 0.15) is 49.1 Å². The lowest BCUT2D eigenvalue weighted by molar-refractivity contribution is -0.127. The minimum Gasteiger partial charge on any atom is -0.380 e. The monoisotopic (exact) mass is 466 g/mol. The van der Waals surface area contributed by atoms with Crippen LogP contribution in [-0.2, 0) is 5.60 Å². The van der Waals surface area contributed by atoms with E-state index >= 15 is 0 Å². The van der Waals surface area contributed by atoms with Crippen molar-refractivity contribution in [3.63, 3.8) is 0 Å². The molecule has 0 amide bonds. The standard InChI is InChI=1S/C30H34N4O/c1-21(2)23-8-10-26(11-9-23)30(35,29(4)19-33(5)20-29)27-14-28(17-31-16-27)34-13-12-25(18-34)24-7-6-22(3)32-15-24/h6-18,21,35H,19-20H2,1-5H3/t30-/m0/s1. The lowest BCUT2D eigenvalue weighted by Crippen LogP contribution is -2.63. The third kappa shape index (κ3) is 4.09. The fraction of sp³-hybridized carbons (Fsp3) is 0.333. The summed E-state index contributed by atoms with van der Waals surface area (Å²) in [6.07, 6.45) is 9.68. The molecule has 1 fully saturated rings. The molecule has 35 heavy (non-hydrogen) atoms. The first kappa shape index (κ1) is 23.5. The van der Waals surface area contributed by atoms with E-state index in [2.05, 4.69) is 95.9 Å². The van der Waals surface area contributed by atoms with Crippen LogP contribution < -0.4 is 0 Å². The molecule has 180 valence electrons. The topological polar surface area (TPSA) is 54.2 Å². The van der Waals surface area contributed by atoms with E-state index in [0.29, 0.717) is 5.92 Å². The molecule has 1 aliphatic heterocycles. The zero-order chi connectivity index (χ0) is 24.8. The first-order valence-electron chi connectivity index (χ1n) is 12.3. The zero-order valence-corrected chi connectivity index (χ0v) is 21.2. The van der Waals surface area contributed by atoms with Gasteiger partial charge in [-0.1, -0.05) is 51.1 Å². The van der Waals surface area contributed by atoms with Gasteiger partial charge >= 0.3 is 0 Å². The molecule has 1 aliphatic rings. The first-order valence-corrected chi connectivity index (χ1v) is 12.3. The molecule has 1 N–H and O–H groups in total. The molecule has 4 heterocycles. The van der Waals surface area contributed by atoms with Crippen LogP contribution in [-0.4, -0.2) is 44.7 Å². The molecule has 0 bridgehead atoms. The molecule has 1 aromatic carbocycles. The second-order valence-electron chi connectivity index (χ2n) is 10.6. The second-order valence-corrected chi connectivity index (χ2v) is 10.6. The van der Waals surface area contributed by atoms with E-state index < -0.39 is 5.60 Å². The Bertz CT molecular complexity index is 1320. The van der Waals surface area contributed by atoms with Gasteiger partial charge < -0.3 is 14.6 Å². The maximum absolute atomic E-state index is 12.5. The van der Waals surface area contributed by atoms with Gasteiger partial charge in [0.05, 0.1) is 11.9 Å². The van der Waals surface area contributed by atoms with E-state index in [1.165, 1.54) is 5.56 Å². The molecule has 1 saturated heterocycles. The van der Waals surface area contributed by atoms with Gasteiger partial charge in [-0.2, -0.15) is 0 Å². The summed E-state index contributed by atoms with van der Waals surface area (Å²) in [6, 6.07) is 16.7. The van der Waals surface area contributed by atoms with Crippen molar-refractivity contribution >= 4 is 0 Å². The number of rotatable bonds is 6. The van der Waals surface area contributed by atoms with E-state index in [0.717, 1.165) is 46.7 Å². The molecular weight excluding hydrogens is 432 g/mol. The highest BCUT2D eigenvalue weighted by Crippen LogP contribution is 2.50. The molecule has 1 atom stereocenters. The zero-order valence-electron chi connectivity index (χ0n) is 21.2. The van der Waals surface area contributed by atoms with E-state index in [9.17, 15) is 5.11 Å². The maximum atomic E-state index is 12.5. The van der Waals surface area contributed by atoms with Crippen LogP contribution in [0.15, 0.2) is 79.5 Å². The molecule has 0 spiro atoms. The molecule has 4 aromatic rings. The van der Waals surface area contributed by atoms with E-state index in [1.54, 1.807) is 0 Å². The third-order valence-corrected chi connectivity index (χ3v) is 7.48. The van der Waals surface area contributed by atoms with Crippen molar-refractivity contribution in [3.8, 4) is 16.8 Å². The lowest BCUT2D eigenvalue weighted by atomic mass is 9.62. The number of aliphatic hydroxyl groups is 1. The number of hydrogen-bond donors (Lipinski definition) is 1. The SMILES string of the molecule is Cc1ccc(-c2ccn(-c3cncc([C@@](O)(c4ccc(C(C)C)cc4)C4(C)CN(C)C4)c3)c2)cn1. The highest BCUT2D eigenvalue weighted by Gasteiger charge is 2.55. The van der Waals surface area contributed by atoms with Crippen molar-refractivity contribution in [2.24, 2.45) is 5.41 Å². The number of nitrogens with zero attached hydrogens (tertiary/aromatic N) is 4. The smallest absolute Gasteiger partial charge is 0.124 e. The van der Waals surface area contributed by atoms with Crippen LogP contribution in [0.4, 0.5) is 0 Å². The van der Waals surface area contributed by atoms with Crippen molar-refractivity contribution in [2.45, 2.75) is 39.2 Å². The minimum atomic E-state index is -1.16. The number of aromatic nitrogens is 3. The fourth-order valence-corrected chi connectivity index (χ4v) is 5.48. The number of likely N-dealkylation sites (tertiary alicyclic amines) is 1. The van der Waals surface area contributed by atoms with Crippen molar-refractivity contribution in [2.75, 3.05) is 20.1 Å². The Kier molecular flexibility index (Phi) is 5.86. The Morgan fingerprint density at radius 2 is 1.69 bits per heavy atom. The van der Waals surface area contributed by atoms with Crippen LogP contribution in [0, 0.1) is 12.3 Å². The van der Waals surface area contributed by atoms with Crippen molar-refractivity contribution in [1.82, 2.24) is 19.4 Å². The predicted molar refractivity (Wildman–Crippen MR) is 141 cm³/mol. The minimum absolute atomic E-state index is 0.323. The van der Waals surface area contributed by atoms with Crippen LogP contribution in [0.25, 0.3) is 16.8 Å². The van der Waals surface area contributed by atoms with E-state index in [4.69, 9.17) is 0 Å². The van der Waals surface area contributed by atoms with Gasteiger partial charge in [0.25, 0.3) is 0 Å². The normalized spacial score (nSPS) is 17.2. The Balaban J connectivity index is 1.56. The summed E-state index contributed by atoms with van der Waals surface area (Å²) in [5, 5.41) is 12.5. The summed E-state index contributed by atoms with van der Waals surface area (Å²) in [7, 11) is 2.10. The summed E-state index contributed by atoms with van der Waals surface area (Å²) < 4.78 is 2.06. The van der Waals surface area contributed by atoms with Crippen LogP contribution in [0.2, 0.25) is 0 Å². The fourth-order valence-electron chi connectivity index (χ4n) is 5.48. The summed E-state index contributed by atoms with van der Waals surface area (Å²) in [4.78, 5) is 11.2. The molecule has 0 saturated carbocycles. The van der Waals surface area contributed by atoms with Gasteiger partial charge in [0.1, 0.15) is 5.60 Å². The van der Waals surface area contributed by atoms with Gasteiger partial charge in [0.15, 0.2) is 0 Å². The van der Waals surface area contributed by atoms with Gasteiger partial charge in [0.2, 0.25) is 0 Å². The highest BCUT2D eigenvalue weighted by atomic mass is 16.3. The lowest BCUT2D eigenvalue weighted by Gasteiger charge is -2.55. The second kappa shape index (κ2) is 8.74. The quantitative estimate of drug-likeness (QED) is 0.405. The average molecular weight is 467 g/mol. The molecular formula is C30H34N4O. The van der Waals surface area contributed by atoms with Gasteiger partial charge in [-0.05, 0) is 49.2 Å². The first-order chi connectivity index (χ1) is 16.7. The predicted octanol–water partition coefficient (Wildman–Crippen LogP) is 5.55. The van der Waals surface area contributed by atoms with Gasteiger partial charge in [0, 0.05) is 65.7 Å². The van der Waals surface area contributed by atoms with Crippen molar-refractivity contribution in [3.05, 3.63) is 102 Å². The van der Waals surface area contributed by atoms with Gasteiger partial charge in [-0.3, -0.25) is 9.97 Å². The molecule has 3 aromatic heterocycles. The summed E-state index contributed by atoms with van der Waals surface area (Å²) in [5.41, 5.74) is 5.60. The highest BCUT2D eigenvalue weighted by molar-refractivity contribution is 5.62. The summed E-state index contributed by atoms with van der Waals surface area (Å²) in [5.74, 6) is 0.444. The number of benzene rings is 1. The molecule has 0 radical (unpaired) electrons. The van der Waals surface area contributed by atoms with Gasteiger partial charge in [-0.25, -0.2) is 0 Å². The summed E-state index contributed by atoms with van der Waals surface area (Å²) >= 11 is 0. The summed E-state index contributed by atoms with van der Waals surface area (Å²) in [6.45, 7) is 10.2. The largest absolute Gasteiger partial charge is 0.380 e. The van der Waals surface area contributed by atoms with Crippen LogP contribution >= 0.6 is 0 Å². The van der Waals surface area contributed by atoms with E-state index in [-0.39, 0.29) is 5.41 Å². The Labute approximate surface area is 208 Å². The maximum Gasteiger partial charge on any atom is 0.124 e. The van der Waals surface area contributed by atoms with Crippen molar-refractivity contribution in [1.29, 1.82) is 0 Å². The van der Waals surface area contributed by atoms with E-state index in [1.807, 2.05) is 37.8 Å². The molecule has 5 heteroatoms. The molecule has 5 nitrogen and oxygen atoms in total. The number of aryl methyl sites for hydroxylation is 1. The Morgan fingerprint density at radius 3 is 2.31 bits per heavy atom. The van der Waals surface area contributed by atoms with Crippen LogP contribution in [0.5, 0.6) is 0 Å². The Hall–Kier alpha value is -3.28. The average Bonchev–Trinajstić information content (AvgIpc) is 3.33. The van der Waals surface area contributed by atoms with Crippen LogP contribution in [0.3, 0.4) is 0 Å². The third-order valence-electron chi connectivity index (χ3n) is 7.48. The van der Waals surface area contributed by atoms with Gasteiger partial charge in [-0.15, -0.1) is 0 Å². The molecule has 5 rings (SSSR count). The number of pyridine rings is 2. The number of hydrogen-bond acceptors (Lipinski definition) is 4.